The summed E-state index contributed by atoms with van der Waals surface area (Å²) in [6.07, 6.45) is 0.747. The predicted octanol–water partition coefficient (Wildman–Crippen LogP) is 0.824. The highest BCUT2D eigenvalue weighted by Crippen LogP contribution is 2.30. The standard InChI is InChI=1S/C17H32F3N5O3S/c1-16(2,24-8-10-28-11-9-24)13-23-15(21-3)22-12-14-4-6-25(7-5-14)29(26,27)17(18,19)20/h14H,4-13H2,1-3H3,(H2,21,22,23). The molecule has 0 aromatic heterocycles. The van der Waals surface area contributed by atoms with Crippen LogP contribution < -0.4 is 10.6 Å². The Morgan fingerprint density at radius 1 is 1.10 bits per heavy atom. The topological polar surface area (TPSA) is 86.3 Å². The van der Waals surface area contributed by atoms with Gasteiger partial charge in [-0.05, 0) is 32.6 Å². The summed E-state index contributed by atoms with van der Waals surface area (Å²) in [6.45, 7) is 8.45. The maximum Gasteiger partial charge on any atom is 0.511 e. The molecule has 170 valence electrons. The summed E-state index contributed by atoms with van der Waals surface area (Å²) in [5.74, 6) is 0.706. The number of rotatable bonds is 6. The second-order valence-electron chi connectivity index (χ2n) is 8.01. The average Bonchev–Trinajstić information content (AvgIpc) is 2.68. The first-order chi connectivity index (χ1) is 13.5. The Kier molecular flexibility index (Phi) is 8.16. The molecule has 2 heterocycles. The normalized spacial score (nSPS) is 21.9. The van der Waals surface area contributed by atoms with E-state index in [4.69, 9.17) is 4.74 Å². The largest absolute Gasteiger partial charge is 0.511 e. The van der Waals surface area contributed by atoms with Gasteiger partial charge in [-0.1, -0.05) is 0 Å². The second-order valence-corrected chi connectivity index (χ2v) is 9.94. The van der Waals surface area contributed by atoms with Crippen LogP contribution in [0, 0.1) is 5.92 Å². The average molecular weight is 444 g/mol. The first-order valence-corrected chi connectivity index (χ1v) is 11.2. The van der Waals surface area contributed by atoms with Crippen molar-refractivity contribution in [3.8, 4) is 0 Å². The number of hydrogen-bond acceptors (Lipinski definition) is 5. The van der Waals surface area contributed by atoms with Gasteiger partial charge in [-0.25, -0.2) is 8.42 Å². The minimum Gasteiger partial charge on any atom is -0.379 e. The molecule has 0 radical (unpaired) electrons. The quantitative estimate of drug-likeness (QED) is 0.467. The van der Waals surface area contributed by atoms with Gasteiger partial charge in [0.2, 0.25) is 0 Å². The lowest BCUT2D eigenvalue weighted by atomic mass is 9.98. The van der Waals surface area contributed by atoms with Crippen LogP contribution in [-0.4, -0.2) is 94.2 Å². The van der Waals surface area contributed by atoms with Crippen molar-refractivity contribution < 1.29 is 26.3 Å². The van der Waals surface area contributed by atoms with Crippen LogP contribution in [0.25, 0.3) is 0 Å². The number of ether oxygens (including phenoxy) is 1. The van der Waals surface area contributed by atoms with Gasteiger partial charge < -0.3 is 15.4 Å². The molecule has 0 spiro atoms. The molecule has 2 saturated heterocycles. The van der Waals surface area contributed by atoms with Gasteiger partial charge in [0.25, 0.3) is 0 Å². The molecular formula is C17H32F3N5O3S. The van der Waals surface area contributed by atoms with E-state index in [0.29, 0.717) is 36.2 Å². The zero-order valence-corrected chi connectivity index (χ0v) is 18.1. The summed E-state index contributed by atoms with van der Waals surface area (Å²) < 4.78 is 66.8. The van der Waals surface area contributed by atoms with Crippen molar-refractivity contribution in [2.75, 3.05) is 59.5 Å². The van der Waals surface area contributed by atoms with Gasteiger partial charge in [0, 0.05) is 51.9 Å². The third-order valence-corrected chi connectivity index (χ3v) is 7.17. The Morgan fingerprint density at radius 2 is 1.69 bits per heavy atom. The van der Waals surface area contributed by atoms with Crippen molar-refractivity contribution >= 4 is 16.0 Å². The monoisotopic (exact) mass is 443 g/mol. The number of nitrogens with one attached hydrogen (secondary N) is 2. The summed E-state index contributed by atoms with van der Waals surface area (Å²) in [5.41, 5.74) is -5.32. The Balaban J connectivity index is 1.76. The van der Waals surface area contributed by atoms with Crippen molar-refractivity contribution in [3.63, 3.8) is 0 Å². The van der Waals surface area contributed by atoms with Crippen LogP contribution in [0.2, 0.25) is 0 Å². The maximum atomic E-state index is 12.7. The van der Waals surface area contributed by atoms with Crippen LogP contribution in [0.3, 0.4) is 0 Å². The van der Waals surface area contributed by atoms with E-state index in [2.05, 4.69) is 34.4 Å². The number of nitrogens with zero attached hydrogens (tertiary/aromatic N) is 3. The highest BCUT2D eigenvalue weighted by molar-refractivity contribution is 7.90. The molecule has 12 heteroatoms. The molecular weight excluding hydrogens is 411 g/mol. The van der Waals surface area contributed by atoms with Gasteiger partial charge >= 0.3 is 15.5 Å². The predicted molar refractivity (Wildman–Crippen MR) is 105 cm³/mol. The highest BCUT2D eigenvalue weighted by Gasteiger charge is 2.50. The van der Waals surface area contributed by atoms with Gasteiger partial charge in [0.1, 0.15) is 0 Å². The molecule has 0 bridgehead atoms. The Labute approximate surface area is 170 Å². The molecule has 2 aliphatic rings. The van der Waals surface area contributed by atoms with Crippen LogP contribution in [0.4, 0.5) is 13.2 Å². The summed E-state index contributed by atoms with van der Waals surface area (Å²) >= 11 is 0. The molecule has 0 aromatic carbocycles. The molecule has 8 nitrogen and oxygen atoms in total. The van der Waals surface area contributed by atoms with Crippen molar-refractivity contribution in [3.05, 3.63) is 0 Å². The molecule has 2 aliphatic heterocycles. The van der Waals surface area contributed by atoms with E-state index in [0.717, 1.165) is 26.3 Å². The van der Waals surface area contributed by atoms with E-state index in [1.54, 1.807) is 7.05 Å². The molecule has 0 saturated carbocycles. The fourth-order valence-electron chi connectivity index (χ4n) is 3.54. The van der Waals surface area contributed by atoms with Crippen LogP contribution in [0.15, 0.2) is 4.99 Å². The van der Waals surface area contributed by atoms with Crippen molar-refractivity contribution in [2.24, 2.45) is 10.9 Å². The third-order valence-electron chi connectivity index (χ3n) is 5.54. The number of piperidine rings is 1. The van der Waals surface area contributed by atoms with E-state index in [1.165, 1.54) is 0 Å². The van der Waals surface area contributed by atoms with Gasteiger partial charge in [-0.2, -0.15) is 17.5 Å². The molecule has 0 unspecified atom stereocenters. The van der Waals surface area contributed by atoms with Crippen LogP contribution >= 0.6 is 0 Å². The molecule has 2 N–H and O–H groups in total. The van der Waals surface area contributed by atoms with E-state index in [1.807, 2.05) is 0 Å². The fourth-order valence-corrected chi connectivity index (χ4v) is 4.53. The molecule has 0 atom stereocenters. The first kappa shape index (κ1) is 24.2. The molecule has 2 fully saturated rings. The maximum absolute atomic E-state index is 12.7. The summed E-state index contributed by atoms with van der Waals surface area (Å²) in [4.78, 5) is 6.56. The van der Waals surface area contributed by atoms with E-state index in [9.17, 15) is 21.6 Å². The fraction of sp³-hybridized carbons (Fsp3) is 0.941. The van der Waals surface area contributed by atoms with Crippen molar-refractivity contribution in [1.29, 1.82) is 0 Å². The lowest BCUT2D eigenvalue weighted by Gasteiger charge is -2.41. The number of alkyl halides is 3. The Hall–Kier alpha value is -1.11. The Bertz CT molecular complexity index is 656. The molecule has 29 heavy (non-hydrogen) atoms. The van der Waals surface area contributed by atoms with Crippen molar-refractivity contribution in [2.45, 2.75) is 37.7 Å². The van der Waals surface area contributed by atoms with Gasteiger partial charge in [-0.15, -0.1) is 0 Å². The number of morpholine rings is 1. The van der Waals surface area contributed by atoms with Gasteiger partial charge in [-0.3, -0.25) is 9.89 Å². The number of guanidine groups is 1. The molecule has 0 aliphatic carbocycles. The lowest BCUT2D eigenvalue weighted by molar-refractivity contribution is -0.0496. The minimum atomic E-state index is -5.24. The second kappa shape index (κ2) is 9.80. The number of halogens is 3. The minimum absolute atomic E-state index is 0.0838. The van der Waals surface area contributed by atoms with Crippen LogP contribution in [0.5, 0.6) is 0 Å². The molecule has 0 aromatic rings. The first-order valence-electron chi connectivity index (χ1n) is 9.81. The highest BCUT2D eigenvalue weighted by atomic mass is 32.2. The SMILES string of the molecule is CN=C(NCC1CCN(S(=O)(=O)C(F)(F)F)CC1)NCC(C)(C)N1CCOCC1. The molecule has 2 rings (SSSR count). The number of hydrogen-bond donors (Lipinski definition) is 2. The summed E-state index contributed by atoms with van der Waals surface area (Å²) in [7, 11) is -3.57. The van der Waals surface area contributed by atoms with E-state index < -0.39 is 15.5 Å². The number of aliphatic imine (C=N–C) groups is 1. The lowest BCUT2D eigenvalue weighted by Crippen LogP contribution is -2.56. The van der Waals surface area contributed by atoms with Gasteiger partial charge in [0.15, 0.2) is 5.96 Å². The Morgan fingerprint density at radius 3 is 2.21 bits per heavy atom. The summed E-state index contributed by atoms with van der Waals surface area (Å²) in [5, 5.41) is 6.50. The summed E-state index contributed by atoms with van der Waals surface area (Å²) in [6, 6.07) is 0. The zero-order valence-electron chi connectivity index (χ0n) is 17.3. The third kappa shape index (κ3) is 6.43. The molecule has 0 amide bonds. The van der Waals surface area contributed by atoms with Crippen LogP contribution in [0.1, 0.15) is 26.7 Å². The van der Waals surface area contributed by atoms with E-state index >= 15 is 0 Å². The number of sulfonamides is 1. The zero-order chi connectivity index (χ0) is 21.7. The van der Waals surface area contributed by atoms with Gasteiger partial charge in [0.05, 0.1) is 13.2 Å². The van der Waals surface area contributed by atoms with Crippen LogP contribution in [-0.2, 0) is 14.8 Å². The smallest absolute Gasteiger partial charge is 0.379 e. The van der Waals surface area contributed by atoms with E-state index in [-0.39, 0.29) is 24.5 Å². The van der Waals surface area contributed by atoms with Crippen molar-refractivity contribution in [1.82, 2.24) is 19.8 Å².